The highest BCUT2D eigenvalue weighted by Crippen LogP contribution is 2.15. The molecule has 1 aromatic heterocycles. The first-order chi connectivity index (χ1) is 9.88. The quantitative estimate of drug-likeness (QED) is 0.581. The van der Waals surface area contributed by atoms with Crippen LogP contribution in [0.3, 0.4) is 0 Å². The van der Waals surface area contributed by atoms with E-state index < -0.39 is 0 Å². The summed E-state index contributed by atoms with van der Waals surface area (Å²) in [5.74, 6) is 0.662. The van der Waals surface area contributed by atoms with Crippen LogP contribution in [0, 0.1) is 0 Å². The van der Waals surface area contributed by atoms with Gasteiger partial charge >= 0.3 is 5.88 Å². The number of pyridine rings is 1. The lowest BCUT2D eigenvalue weighted by Crippen LogP contribution is -2.37. The summed E-state index contributed by atoms with van der Waals surface area (Å²) in [4.78, 5) is 0. The number of rotatable bonds is 4. The molecule has 0 saturated carbocycles. The Balaban J connectivity index is 2.12. The Morgan fingerprint density at radius 1 is 0.850 bits per heavy atom. The highest BCUT2D eigenvalue weighted by molar-refractivity contribution is 5.75. The van der Waals surface area contributed by atoms with Gasteiger partial charge in [-0.2, -0.15) is 4.57 Å². The van der Waals surface area contributed by atoms with Crippen molar-refractivity contribution in [3.8, 4) is 5.88 Å². The van der Waals surface area contributed by atoms with Crippen LogP contribution in [0.25, 0.3) is 10.9 Å². The number of para-hydroxylation sites is 1. The zero-order valence-corrected chi connectivity index (χ0v) is 11.1. The maximum absolute atomic E-state index is 9.05. The molecule has 20 heavy (non-hydrogen) atoms. The molecule has 0 saturated heterocycles. The Hall–Kier alpha value is -2.39. The number of aliphatic hydroxyl groups is 1. The molecule has 0 spiro atoms. The number of hydrogen-bond donors (Lipinski definition) is 1. The lowest BCUT2D eigenvalue weighted by atomic mass is 10.2. The van der Waals surface area contributed by atoms with Gasteiger partial charge in [0.25, 0.3) is 0 Å². The summed E-state index contributed by atoms with van der Waals surface area (Å²) < 4.78 is 7.41. The first kappa shape index (κ1) is 12.6. The Kier molecular flexibility index (Phi) is 3.61. The molecule has 3 heteroatoms. The van der Waals surface area contributed by atoms with Gasteiger partial charge in [-0.15, -0.1) is 0 Å². The van der Waals surface area contributed by atoms with E-state index in [0.717, 1.165) is 10.9 Å². The lowest BCUT2D eigenvalue weighted by molar-refractivity contribution is -0.668. The van der Waals surface area contributed by atoms with Crippen molar-refractivity contribution in [2.75, 3.05) is 6.79 Å². The number of hydrogen-bond acceptors (Lipinski definition) is 2. The van der Waals surface area contributed by atoms with E-state index in [1.807, 2.05) is 42.5 Å². The predicted molar refractivity (Wildman–Crippen MR) is 77.4 cm³/mol. The molecule has 1 N–H and O–H groups in total. The van der Waals surface area contributed by atoms with Crippen LogP contribution in [0.5, 0.6) is 5.88 Å². The zero-order chi connectivity index (χ0) is 13.8. The topological polar surface area (TPSA) is 33.3 Å². The van der Waals surface area contributed by atoms with E-state index in [4.69, 9.17) is 9.84 Å². The van der Waals surface area contributed by atoms with E-state index in [1.54, 1.807) is 0 Å². The van der Waals surface area contributed by atoms with Crippen LogP contribution < -0.4 is 9.30 Å². The van der Waals surface area contributed by atoms with Gasteiger partial charge in [0.1, 0.15) is 0 Å². The lowest BCUT2D eigenvalue weighted by Gasteiger charge is -2.07. The average Bonchev–Trinajstić information content (AvgIpc) is 2.51. The Bertz CT molecular complexity index is 711. The van der Waals surface area contributed by atoms with Crippen molar-refractivity contribution in [3.63, 3.8) is 0 Å². The number of nitrogens with zero attached hydrogens (tertiary/aromatic N) is 1. The van der Waals surface area contributed by atoms with Crippen molar-refractivity contribution in [1.82, 2.24) is 0 Å². The average molecular weight is 266 g/mol. The van der Waals surface area contributed by atoms with Crippen LogP contribution in [0.15, 0.2) is 66.7 Å². The highest BCUT2D eigenvalue weighted by atomic mass is 16.6. The van der Waals surface area contributed by atoms with Crippen LogP contribution in [-0.2, 0) is 6.54 Å². The van der Waals surface area contributed by atoms with Gasteiger partial charge in [0, 0.05) is 17.0 Å². The maximum Gasteiger partial charge on any atom is 0.370 e. The summed E-state index contributed by atoms with van der Waals surface area (Å²) in [6.45, 7) is 0.380. The molecule has 0 unspecified atom stereocenters. The van der Waals surface area contributed by atoms with Crippen molar-refractivity contribution < 1.29 is 14.4 Å². The molecule has 0 amide bonds. The van der Waals surface area contributed by atoms with Crippen molar-refractivity contribution in [1.29, 1.82) is 0 Å². The van der Waals surface area contributed by atoms with E-state index >= 15 is 0 Å². The summed E-state index contributed by atoms with van der Waals surface area (Å²) in [5.41, 5.74) is 2.28. The van der Waals surface area contributed by atoms with Gasteiger partial charge in [0.05, 0.1) is 6.07 Å². The third-order valence-electron chi connectivity index (χ3n) is 3.29. The molecule has 100 valence electrons. The van der Waals surface area contributed by atoms with E-state index in [2.05, 4.69) is 28.8 Å². The largest absolute Gasteiger partial charge is 0.417 e. The Morgan fingerprint density at radius 3 is 2.40 bits per heavy atom. The summed E-state index contributed by atoms with van der Waals surface area (Å²) in [7, 11) is 0. The fourth-order valence-corrected chi connectivity index (χ4v) is 2.37. The van der Waals surface area contributed by atoms with Crippen LogP contribution in [0.4, 0.5) is 0 Å². The van der Waals surface area contributed by atoms with Crippen molar-refractivity contribution in [3.05, 3.63) is 72.3 Å². The second-order valence-corrected chi connectivity index (χ2v) is 4.58. The number of aliphatic hydroxyl groups excluding tert-OH is 1. The smallest absolute Gasteiger partial charge is 0.370 e. The molecule has 1 heterocycles. The number of benzene rings is 2. The monoisotopic (exact) mass is 266 g/mol. The van der Waals surface area contributed by atoms with E-state index in [9.17, 15) is 0 Å². The molecular weight excluding hydrogens is 250 g/mol. The van der Waals surface area contributed by atoms with Gasteiger partial charge in [-0.3, -0.25) is 0 Å². The number of ether oxygens (including phenoxy) is 1. The van der Waals surface area contributed by atoms with E-state index in [0.29, 0.717) is 12.4 Å². The van der Waals surface area contributed by atoms with E-state index in [-0.39, 0.29) is 6.79 Å². The van der Waals surface area contributed by atoms with Gasteiger partial charge in [-0.25, -0.2) is 0 Å². The van der Waals surface area contributed by atoms with Crippen LogP contribution in [-0.4, -0.2) is 11.9 Å². The molecule has 0 radical (unpaired) electrons. The van der Waals surface area contributed by atoms with Crippen LogP contribution in [0.1, 0.15) is 5.56 Å². The predicted octanol–water partition coefficient (Wildman–Crippen LogP) is 2.50. The fraction of sp³-hybridized carbons (Fsp3) is 0.118. The summed E-state index contributed by atoms with van der Waals surface area (Å²) in [6.07, 6.45) is 0. The third-order valence-corrected chi connectivity index (χ3v) is 3.29. The normalized spacial score (nSPS) is 10.7. The van der Waals surface area contributed by atoms with Gasteiger partial charge in [-0.05, 0) is 12.1 Å². The standard InChI is InChI=1S/C17H16NO2/c19-13-20-17-11-10-15-8-4-5-9-16(15)18(17)12-14-6-2-1-3-7-14/h1-11,19H,12-13H2/q+1. The van der Waals surface area contributed by atoms with Gasteiger partial charge in [-0.1, -0.05) is 42.5 Å². The molecule has 0 atom stereocenters. The summed E-state index contributed by atoms with van der Waals surface area (Å²) >= 11 is 0. The second-order valence-electron chi connectivity index (χ2n) is 4.58. The molecule has 3 rings (SSSR count). The minimum atomic E-state index is -0.326. The Morgan fingerprint density at radius 2 is 1.60 bits per heavy atom. The summed E-state index contributed by atoms with van der Waals surface area (Å²) in [5, 5.41) is 10.2. The van der Waals surface area contributed by atoms with E-state index in [1.165, 1.54) is 5.56 Å². The molecule has 0 aliphatic rings. The second kappa shape index (κ2) is 5.72. The first-order valence-corrected chi connectivity index (χ1v) is 6.57. The minimum absolute atomic E-state index is 0.326. The SMILES string of the molecule is OCOc1ccc2ccccc2[n+]1Cc1ccccc1. The number of fused-ring (bicyclic) bond motifs is 1. The van der Waals surface area contributed by atoms with Gasteiger partial charge < -0.3 is 9.84 Å². The summed E-state index contributed by atoms with van der Waals surface area (Å²) in [6, 6.07) is 22.2. The Labute approximate surface area is 117 Å². The molecule has 3 aromatic rings. The zero-order valence-electron chi connectivity index (χ0n) is 11.1. The minimum Gasteiger partial charge on any atom is -0.417 e. The number of aromatic nitrogens is 1. The third kappa shape index (κ3) is 2.49. The van der Waals surface area contributed by atoms with Crippen molar-refractivity contribution in [2.24, 2.45) is 0 Å². The molecule has 0 bridgehead atoms. The molecule has 0 fully saturated rings. The molecule has 2 aromatic carbocycles. The highest BCUT2D eigenvalue weighted by Gasteiger charge is 2.17. The first-order valence-electron chi connectivity index (χ1n) is 6.57. The molecule has 0 aliphatic carbocycles. The van der Waals surface area contributed by atoms with Gasteiger partial charge in [0.2, 0.25) is 5.52 Å². The van der Waals surface area contributed by atoms with Crippen LogP contribution >= 0.6 is 0 Å². The molecule has 3 nitrogen and oxygen atoms in total. The van der Waals surface area contributed by atoms with Gasteiger partial charge in [0.15, 0.2) is 13.3 Å². The fourth-order valence-electron chi connectivity index (χ4n) is 2.37. The molecule has 0 aliphatic heterocycles. The van der Waals surface area contributed by atoms with Crippen molar-refractivity contribution >= 4 is 10.9 Å². The molecular formula is C17H16NO2+. The van der Waals surface area contributed by atoms with Crippen molar-refractivity contribution in [2.45, 2.75) is 6.54 Å². The maximum atomic E-state index is 9.05. The van der Waals surface area contributed by atoms with Crippen LogP contribution in [0.2, 0.25) is 0 Å².